The van der Waals surface area contributed by atoms with Gasteiger partial charge in [-0.3, -0.25) is 0 Å². The predicted octanol–water partition coefficient (Wildman–Crippen LogP) is 10.5. The molecule has 3 aromatic heterocycles. The fourth-order valence-corrected chi connectivity index (χ4v) is 5.83. The van der Waals surface area contributed by atoms with E-state index in [0.717, 1.165) is 62.6 Å². The van der Waals surface area contributed by atoms with Crippen molar-refractivity contribution in [2.45, 2.75) is 67.2 Å². The number of rotatable bonds is 4. The lowest BCUT2D eigenvalue weighted by molar-refractivity contribution is 0.560. The van der Waals surface area contributed by atoms with Crippen LogP contribution in [0.5, 0.6) is 0 Å². The third kappa shape index (κ3) is 4.34. The van der Waals surface area contributed by atoms with Gasteiger partial charge in [-0.1, -0.05) is 71.0 Å². The quantitative estimate of drug-likeness (QED) is 0.234. The van der Waals surface area contributed by atoms with Gasteiger partial charge in [0, 0.05) is 27.6 Å². The number of furan rings is 2. The maximum Gasteiger partial charge on any atom is 0.160 e. The first kappa shape index (κ1) is 25.4. The molecule has 3 heterocycles. The van der Waals surface area contributed by atoms with Crippen molar-refractivity contribution >= 4 is 32.8 Å². The lowest BCUT2D eigenvalue weighted by atomic mass is 9.82. The van der Waals surface area contributed by atoms with Crippen molar-refractivity contribution < 1.29 is 8.83 Å². The average Bonchev–Trinajstić information content (AvgIpc) is 3.36. The minimum atomic E-state index is 0.000562. The number of pyridine rings is 1. The smallest absolute Gasteiger partial charge is 0.160 e. The van der Waals surface area contributed by atoms with Crippen LogP contribution in [0.4, 0.5) is 0 Å². The van der Waals surface area contributed by atoms with Crippen molar-refractivity contribution in [1.29, 1.82) is 0 Å². The highest BCUT2D eigenvalue weighted by Gasteiger charge is 2.22. The number of aromatic nitrogens is 1. The highest BCUT2D eigenvalue weighted by molar-refractivity contribution is 5.98. The highest BCUT2D eigenvalue weighted by Crippen LogP contribution is 2.40. The Kier molecular flexibility index (Phi) is 5.95. The number of hydrogen-bond acceptors (Lipinski definition) is 3. The van der Waals surface area contributed by atoms with E-state index in [1.165, 1.54) is 27.3 Å². The molecule has 0 fully saturated rings. The fraction of sp³-hybridized carbons (Fsp3) is 0.306. The molecule has 198 valence electrons. The second-order valence-corrected chi connectivity index (χ2v) is 12.5. The van der Waals surface area contributed by atoms with Crippen molar-refractivity contribution in [3.63, 3.8) is 0 Å². The summed E-state index contributed by atoms with van der Waals surface area (Å²) < 4.78 is 12.6. The molecule has 6 aromatic rings. The van der Waals surface area contributed by atoms with Crippen molar-refractivity contribution in [3.05, 3.63) is 88.9 Å². The van der Waals surface area contributed by atoms with E-state index in [0.29, 0.717) is 5.92 Å². The maximum absolute atomic E-state index is 6.32. The van der Waals surface area contributed by atoms with E-state index >= 15 is 0 Å². The van der Waals surface area contributed by atoms with E-state index < -0.39 is 0 Å². The Balaban J connectivity index is 1.60. The van der Waals surface area contributed by atoms with Gasteiger partial charge in [-0.2, -0.15) is 0 Å². The van der Waals surface area contributed by atoms with Gasteiger partial charge in [-0.25, -0.2) is 4.98 Å². The van der Waals surface area contributed by atoms with Gasteiger partial charge in [0.2, 0.25) is 0 Å². The van der Waals surface area contributed by atoms with E-state index in [1.54, 1.807) is 0 Å². The molecule has 0 spiro atoms. The molecule has 0 bridgehead atoms. The molecule has 3 nitrogen and oxygen atoms in total. The van der Waals surface area contributed by atoms with Crippen LogP contribution in [0.25, 0.3) is 55.2 Å². The van der Waals surface area contributed by atoms with Crippen molar-refractivity contribution in [3.8, 4) is 22.4 Å². The molecule has 0 aliphatic carbocycles. The normalized spacial score (nSPS) is 12.4. The van der Waals surface area contributed by atoms with Gasteiger partial charge in [-0.15, -0.1) is 0 Å². The van der Waals surface area contributed by atoms with Crippen LogP contribution in [0.3, 0.4) is 0 Å². The lowest BCUT2D eigenvalue weighted by Gasteiger charge is -2.23. The van der Waals surface area contributed by atoms with Crippen LogP contribution >= 0.6 is 0 Å². The molecular formula is C36H37NO2. The van der Waals surface area contributed by atoms with Gasteiger partial charge >= 0.3 is 0 Å². The predicted molar refractivity (Wildman–Crippen MR) is 164 cm³/mol. The number of benzene rings is 3. The molecule has 0 N–H and O–H groups in total. The van der Waals surface area contributed by atoms with Crippen LogP contribution in [-0.2, 0) is 11.8 Å². The van der Waals surface area contributed by atoms with Gasteiger partial charge < -0.3 is 8.83 Å². The molecule has 0 radical (unpaired) electrons. The monoisotopic (exact) mass is 515 g/mol. The first-order chi connectivity index (χ1) is 18.5. The number of nitrogens with zero attached hydrogens (tertiary/aromatic N) is 1. The minimum absolute atomic E-state index is 0.000562. The fourth-order valence-electron chi connectivity index (χ4n) is 5.83. The highest BCUT2D eigenvalue weighted by atomic mass is 16.3. The van der Waals surface area contributed by atoms with Crippen LogP contribution in [-0.4, -0.2) is 4.98 Å². The topological polar surface area (TPSA) is 39.2 Å². The van der Waals surface area contributed by atoms with E-state index in [2.05, 4.69) is 109 Å². The van der Waals surface area contributed by atoms with Crippen molar-refractivity contribution in [2.75, 3.05) is 0 Å². The Labute approximate surface area is 230 Å². The summed E-state index contributed by atoms with van der Waals surface area (Å²) >= 11 is 0. The lowest BCUT2D eigenvalue weighted by Crippen LogP contribution is -2.12. The molecule has 0 unspecified atom stereocenters. The SMILES string of the molecule is Cc1oc2cc(-c3cc(-c4cc(C(C)(C)C)c5ccccc5c4)nc4c(C)c(C)oc34)ccc2c1CC(C)C. The first-order valence-corrected chi connectivity index (χ1v) is 14.0. The molecule has 0 aliphatic heterocycles. The van der Waals surface area contributed by atoms with Crippen LogP contribution < -0.4 is 0 Å². The van der Waals surface area contributed by atoms with Gasteiger partial charge in [0.1, 0.15) is 22.6 Å². The van der Waals surface area contributed by atoms with E-state index in [9.17, 15) is 0 Å². The Morgan fingerprint density at radius 1 is 0.795 bits per heavy atom. The third-order valence-corrected chi connectivity index (χ3v) is 8.00. The second-order valence-electron chi connectivity index (χ2n) is 12.5. The van der Waals surface area contributed by atoms with E-state index in [4.69, 9.17) is 13.8 Å². The molecular weight excluding hydrogens is 478 g/mol. The van der Waals surface area contributed by atoms with E-state index in [1.807, 2.05) is 6.92 Å². The van der Waals surface area contributed by atoms with Crippen LogP contribution in [0.2, 0.25) is 0 Å². The zero-order valence-corrected chi connectivity index (χ0v) is 24.3. The summed E-state index contributed by atoms with van der Waals surface area (Å²) in [6.07, 6.45) is 1.01. The Morgan fingerprint density at radius 2 is 1.56 bits per heavy atom. The van der Waals surface area contributed by atoms with Crippen LogP contribution in [0.1, 0.15) is 62.8 Å². The largest absolute Gasteiger partial charge is 0.461 e. The van der Waals surface area contributed by atoms with E-state index in [-0.39, 0.29) is 5.41 Å². The van der Waals surface area contributed by atoms with Gasteiger partial charge in [-0.05, 0) is 84.7 Å². The summed E-state index contributed by atoms with van der Waals surface area (Å²) in [4.78, 5) is 5.18. The Morgan fingerprint density at radius 3 is 2.31 bits per heavy atom. The van der Waals surface area contributed by atoms with Gasteiger partial charge in [0.15, 0.2) is 5.58 Å². The number of aryl methyl sites for hydroxylation is 3. The Hall–Kier alpha value is -3.85. The standard InChI is InChI=1S/C36H37NO2/c1-20(2)15-29-23(5)38-33-18-25(13-14-28(29)33)30-19-32(37-34-21(3)22(4)39-35(30)34)26-16-24-11-9-10-12-27(24)31(17-26)36(6,7)8/h9-14,16-20H,15H2,1-8H3. The number of hydrogen-bond donors (Lipinski definition) is 0. The molecule has 39 heavy (non-hydrogen) atoms. The summed E-state index contributed by atoms with van der Waals surface area (Å²) in [7, 11) is 0. The van der Waals surface area contributed by atoms with Gasteiger partial charge in [0.25, 0.3) is 0 Å². The second kappa shape index (κ2) is 9.12. The average molecular weight is 516 g/mol. The number of fused-ring (bicyclic) bond motifs is 3. The van der Waals surface area contributed by atoms with Crippen molar-refractivity contribution in [1.82, 2.24) is 4.98 Å². The zero-order chi connectivity index (χ0) is 27.6. The summed E-state index contributed by atoms with van der Waals surface area (Å²) in [5.74, 6) is 2.48. The molecule has 3 aromatic carbocycles. The minimum Gasteiger partial charge on any atom is -0.461 e. The van der Waals surface area contributed by atoms with Gasteiger partial charge in [0.05, 0.1) is 5.69 Å². The molecule has 3 heteroatoms. The first-order valence-electron chi connectivity index (χ1n) is 14.0. The Bertz CT molecular complexity index is 1870. The summed E-state index contributed by atoms with van der Waals surface area (Å²) in [5.41, 5.74) is 10.6. The molecule has 0 saturated heterocycles. The van der Waals surface area contributed by atoms with Crippen molar-refractivity contribution in [2.24, 2.45) is 5.92 Å². The van der Waals surface area contributed by atoms with Crippen LogP contribution in [0.15, 0.2) is 69.5 Å². The third-order valence-electron chi connectivity index (χ3n) is 8.00. The molecule has 0 amide bonds. The molecule has 0 atom stereocenters. The molecule has 0 saturated carbocycles. The summed E-state index contributed by atoms with van der Waals surface area (Å²) in [6, 6.07) is 22.0. The molecule has 0 aliphatic rings. The van der Waals surface area contributed by atoms with Crippen LogP contribution in [0, 0.1) is 26.7 Å². The molecule has 6 rings (SSSR count). The summed E-state index contributed by atoms with van der Waals surface area (Å²) in [5, 5.41) is 3.72. The summed E-state index contributed by atoms with van der Waals surface area (Å²) in [6.45, 7) is 17.5. The zero-order valence-electron chi connectivity index (χ0n) is 24.3. The maximum atomic E-state index is 6.32.